The molecule has 1 aliphatic heterocycles. The topological polar surface area (TPSA) is 46.3 Å². The summed E-state index contributed by atoms with van der Waals surface area (Å²) in [6.45, 7) is 0.557. The van der Waals surface area contributed by atoms with Crippen molar-refractivity contribution in [1.29, 1.82) is 0 Å². The summed E-state index contributed by atoms with van der Waals surface area (Å²) in [5, 5.41) is 0. The van der Waals surface area contributed by atoms with E-state index in [1.165, 1.54) is 17.0 Å². The summed E-state index contributed by atoms with van der Waals surface area (Å²) < 4.78 is 37.0. The number of hydrogen-bond donors (Lipinski definition) is 1. The van der Waals surface area contributed by atoms with E-state index in [1.807, 2.05) is 0 Å². The number of carbonyl (C=O) groups is 1. The number of alkyl halides is 3. The lowest BCUT2D eigenvalue weighted by atomic mass is 9.94. The third-order valence-electron chi connectivity index (χ3n) is 2.93. The van der Waals surface area contributed by atoms with Gasteiger partial charge >= 0.3 is 12.2 Å². The smallest absolute Gasteiger partial charge is 0.351 e. The van der Waals surface area contributed by atoms with Crippen molar-refractivity contribution in [1.82, 2.24) is 4.90 Å². The van der Waals surface area contributed by atoms with Crippen LogP contribution in [0.15, 0.2) is 24.3 Å². The van der Waals surface area contributed by atoms with Gasteiger partial charge in [-0.1, -0.05) is 12.1 Å². The second-order valence-corrected chi connectivity index (χ2v) is 3.96. The minimum absolute atomic E-state index is 0.185. The molecule has 1 aliphatic rings. The first-order valence-electron chi connectivity index (χ1n) is 5.13. The first-order valence-corrected chi connectivity index (χ1v) is 5.13. The Labute approximate surface area is 96.0 Å². The highest BCUT2D eigenvalue weighted by molar-refractivity contribution is 5.73. The number of nitrogens with two attached hydrogens (primary N) is 1. The molecule has 2 amide bonds. The Bertz CT molecular complexity index is 427. The molecular weight excluding hydrogens is 233 g/mol. The normalized spacial score (nSPS) is 19.9. The van der Waals surface area contributed by atoms with Crippen LogP contribution in [0.25, 0.3) is 0 Å². The summed E-state index contributed by atoms with van der Waals surface area (Å²) in [4.78, 5) is 12.4. The van der Waals surface area contributed by atoms with E-state index in [0.717, 1.165) is 18.6 Å². The third kappa shape index (κ3) is 2.20. The van der Waals surface area contributed by atoms with E-state index in [4.69, 9.17) is 5.73 Å². The van der Waals surface area contributed by atoms with Gasteiger partial charge in [0.2, 0.25) is 0 Å². The van der Waals surface area contributed by atoms with Gasteiger partial charge in [-0.15, -0.1) is 0 Å². The van der Waals surface area contributed by atoms with Crippen molar-refractivity contribution in [3.63, 3.8) is 0 Å². The molecule has 1 aromatic rings. The molecule has 0 aliphatic carbocycles. The van der Waals surface area contributed by atoms with Crippen LogP contribution in [-0.2, 0) is 6.18 Å². The summed E-state index contributed by atoms with van der Waals surface area (Å²) in [6, 6.07) is 4.10. The molecule has 92 valence electrons. The molecular formula is C11H11F3N2O. The molecule has 0 radical (unpaired) electrons. The van der Waals surface area contributed by atoms with E-state index < -0.39 is 17.8 Å². The number of urea groups is 1. The van der Waals surface area contributed by atoms with E-state index in [2.05, 4.69) is 0 Å². The number of primary amides is 1. The van der Waals surface area contributed by atoms with E-state index in [1.54, 1.807) is 0 Å². The Morgan fingerprint density at radius 3 is 2.24 bits per heavy atom. The van der Waals surface area contributed by atoms with E-state index >= 15 is 0 Å². The van der Waals surface area contributed by atoms with Gasteiger partial charge in [-0.2, -0.15) is 13.2 Å². The maximum Gasteiger partial charge on any atom is 0.416 e. The SMILES string of the molecule is NC(=O)N1CCC1c1ccc(C(F)(F)F)cc1. The zero-order valence-corrected chi connectivity index (χ0v) is 8.87. The van der Waals surface area contributed by atoms with Gasteiger partial charge in [0.15, 0.2) is 0 Å². The summed E-state index contributed by atoms with van der Waals surface area (Å²) in [7, 11) is 0. The maximum atomic E-state index is 12.3. The van der Waals surface area contributed by atoms with Crippen molar-refractivity contribution in [3.05, 3.63) is 35.4 Å². The average molecular weight is 244 g/mol. The molecule has 1 aromatic carbocycles. The lowest BCUT2D eigenvalue weighted by Gasteiger charge is -2.40. The standard InChI is InChI=1S/C11H11F3N2O/c12-11(13,14)8-3-1-7(2-4-8)9-5-6-16(9)10(15)17/h1-4,9H,5-6H2,(H2,15,17). The van der Waals surface area contributed by atoms with Gasteiger partial charge in [0.1, 0.15) is 0 Å². The lowest BCUT2D eigenvalue weighted by molar-refractivity contribution is -0.137. The van der Waals surface area contributed by atoms with Crippen molar-refractivity contribution in [3.8, 4) is 0 Å². The van der Waals surface area contributed by atoms with Gasteiger partial charge in [-0.3, -0.25) is 0 Å². The summed E-state index contributed by atoms with van der Waals surface area (Å²) in [5.74, 6) is 0. The van der Waals surface area contributed by atoms with Gasteiger partial charge in [0.05, 0.1) is 11.6 Å². The molecule has 2 rings (SSSR count). The molecule has 1 fully saturated rings. The van der Waals surface area contributed by atoms with Crippen LogP contribution in [-0.4, -0.2) is 17.5 Å². The predicted molar refractivity (Wildman–Crippen MR) is 55.1 cm³/mol. The second kappa shape index (κ2) is 3.94. The van der Waals surface area contributed by atoms with Crippen molar-refractivity contribution in [2.75, 3.05) is 6.54 Å². The zero-order valence-electron chi connectivity index (χ0n) is 8.87. The first-order chi connectivity index (χ1) is 7.89. The van der Waals surface area contributed by atoms with Gasteiger partial charge in [-0.05, 0) is 24.1 Å². The molecule has 0 spiro atoms. The molecule has 1 unspecified atom stereocenters. The minimum Gasteiger partial charge on any atom is -0.351 e. The zero-order chi connectivity index (χ0) is 12.6. The molecule has 0 aromatic heterocycles. The van der Waals surface area contributed by atoms with Crippen LogP contribution in [0.2, 0.25) is 0 Å². The van der Waals surface area contributed by atoms with Crippen LogP contribution in [0.3, 0.4) is 0 Å². The van der Waals surface area contributed by atoms with Gasteiger partial charge in [-0.25, -0.2) is 4.79 Å². The van der Waals surface area contributed by atoms with E-state index in [-0.39, 0.29) is 6.04 Å². The Morgan fingerprint density at radius 2 is 1.88 bits per heavy atom. The minimum atomic E-state index is -4.33. The molecule has 0 saturated carbocycles. The van der Waals surface area contributed by atoms with Crippen LogP contribution in [0.5, 0.6) is 0 Å². The van der Waals surface area contributed by atoms with Crippen LogP contribution in [0, 0.1) is 0 Å². The molecule has 1 atom stereocenters. The van der Waals surface area contributed by atoms with E-state index in [0.29, 0.717) is 12.1 Å². The van der Waals surface area contributed by atoms with Crippen LogP contribution in [0.4, 0.5) is 18.0 Å². The third-order valence-corrected chi connectivity index (χ3v) is 2.93. The Hall–Kier alpha value is -1.72. The van der Waals surface area contributed by atoms with Crippen LogP contribution >= 0.6 is 0 Å². The molecule has 3 nitrogen and oxygen atoms in total. The van der Waals surface area contributed by atoms with Crippen molar-refractivity contribution >= 4 is 6.03 Å². The van der Waals surface area contributed by atoms with Crippen molar-refractivity contribution in [2.45, 2.75) is 18.6 Å². The van der Waals surface area contributed by atoms with Gasteiger partial charge < -0.3 is 10.6 Å². The second-order valence-electron chi connectivity index (χ2n) is 3.96. The van der Waals surface area contributed by atoms with Crippen molar-refractivity contribution in [2.24, 2.45) is 5.73 Å². The number of rotatable bonds is 1. The van der Waals surface area contributed by atoms with Crippen molar-refractivity contribution < 1.29 is 18.0 Å². The van der Waals surface area contributed by atoms with Crippen LogP contribution in [0.1, 0.15) is 23.6 Å². The van der Waals surface area contributed by atoms with E-state index in [9.17, 15) is 18.0 Å². The fourth-order valence-electron chi connectivity index (χ4n) is 1.89. The number of carbonyl (C=O) groups excluding carboxylic acids is 1. The number of nitrogens with zero attached hydrogens (tertiary/aromatic N) is 1. The summed E-state index contributed by atoms with van der Waals surface area (Å²) in [6.07, 6.45) is -3.60. The monoisotopic (exact) mass is 244 g/mol. The maximum absolute atomic E-state index is 12.3. The molecule has 1 heterocycles. The van der Waals surface area contributed by atoms with Gasteiger partial charge in [0.25, 0.3) is 0 Å². The highest BCUT2D eigenvalue weighted by Gasteiger charge is 2.34. The fraction of sp³-hybridized carbons (Fsp3) is 0.364. The average Bonchev–Trinajstić information content (AvgIpc) is 2.14. The fourth-order valence-corrected chi connectivity index (χ4v) is 1.89. The molecule has 17 heavy (non-hydrogen) atoms. The number of benzene rings is 1. The van der Waals surface area contributed by atoms with Gasteiger partial charge in [0, 0.05) is 6.54 Å². The highest BCUT2D eigenvalue weighted by Crippen LogP contribution is 2.35. The molecule has 6 heteroatoms. The number of likely N-dealkylation sites (tertiary alicyclic amines) is 1. The Kier molecular flexibility index (Phi) is 2.73. The number of amides is 2. The Balaban J connectivity index is 2.16. The Morgan fingerprint density at radius 1 is 1.29 bits per heavy atom. The lowest BCUT2D eigenvalue weighted by Crippen LogP contribution is -2.47. The highest BCUT2D eigenvalue weighted by atomic mass is 19.4. The molecule has 1 saturated heterocycles. The number of halogens is 3. The quantitative estimate of drug-likeness (QED) is 0.810. The summed E-state index contributed by atoms with van der Waals surface area (Å²) >= 11 is 0. The largest absolute Gasteiger partial charge is 0.416 e. The molecule has 2 N–H and O–H groups in total. The summed E-state index contributed by atoms with van der Waals surface area (Å²) in [5.41, 5.74) is 5.13. The first kappa shape index (κ1) is 11.8. The predicted octanol–water partition coefficient (Wildman–Crippen LogP) is 2.53. The molecule has 0 bridgehead atoms. The van der Waals surface area contributed by atoms with Crippen LogP contribution < -0.4 is 5.73 Å². The number of hydrogen-bond acceptors (Lipinski definition) is 1.